The van der Waals surface area contributed by atoms with Crippen molar-refractivity contribution in [3.05, 3.63) is 71.0 Å². The predicted octanol–water partition coefficient (Wildman–Crippen LogP) is 4.34. The SMILES string of the molecule is CC(C)OC(=O)COc1ccc2c(c1)OC(=CC1=Cc3ccccc3OC1C)C2=O. The second kappa shape index (κ2) is 8.06. The highest BCUT2D eigenvalue weighted by Crippen LogP contribution is 2.36. The smallest absolute Gasteiger partial charge is 0.344 e. The maximum Gasteiger partial charge on any atom is 0.344 e. The largest absolute Gasteiger partial charge is 0.485 e. The van der Waals surface area contributed by atoms with Crippen LogP contribution < -0.4 is 14.2 Å². The lowest BCUT2D eigenvalue weighted by molar-refractivity contribution is -0.149. The predicted molar refractivity (Wildman–Crippen MR) is 111 cm³/mol. The summed E-state index contributed by atoms with van der Waals surface area (Å²) in [6, 6.07) is 12.6. The highest BCUT2D eigenvalue weighted by Gasteiger charge is 2.29. The van der Waals surface area contributed by atoms with Gasteiger partial charge in [-0.1, -0.05) is 18.2 Å². The van der Waals surface area contributed by atoms with Crippen LogP contribution in [-0.4, -0.2) is 30.6 Å². The van der Waals surface area contributed by atoms with Crippen LogP contribution in [0.25, 0.3) is 6.08 Å². The molecule has 0 bridgehead atoms. The quantitative estimate of drug-likeness (QED) is 0.543. The number of hydrogen-bond donors (Lipinski definition) is 0. The molecule has 1 atom stereocenters. The van der Waals surface area contributed by atoms with E-state index in [-0.39, 0.29) is 30.4 Å². The first-order valence-electron chi connectivity index (χ1n) is 9.78. The number of allylic oxidation sites excluding steroid dienone is 1. The Labute approximate surface area is 174 Å². The molecule has 2 aromatic carbocycles. The van der Waals surface area contributed by atoms with E-state index >= 15 is 0 Å². The van der Waals surface area contributed by atoms with Crippen LogP contribution in [0.1, 0.15) is 36.7 Å². The lowest BCUT2D eigenvalue weighted by Gasteiger charge is -2.22. The molecule has 154 valence electrons. The molecular weight excluding hydrogens is 384 g/mol. The van der Waals surface area contributed by atoms with Gasteiger partial charge in [-0.15, -0.1) is 0 Å². The van der Waals surface area contributed by atoms with Gasteiger partial charge in [0.1, 0.15) is 23.4 Å². The molecule has 2 aromatic rings. The average molecular weight is 406 g/mol. The van der Waals surface area contributed by atoms with Crippen molar-refractivity contribution in [2.75, 3.05) is 6.61 Å². The molecule has 2 aliphatic rings. The van der Waals surface area contributed by atoms with Crippen molar-refractivity contribution >= 4 is 17.8 Å². The van der Waals surface area contributed by atoms with Crippen LogP contribution >= 0.6 is 0 Å². The van der Waals surface area contributed by atoms with Crippen LogP contribution in [0.2, 0.25) is 0 Å². The molecule has 0 amide bonds. The molecule has 6 nitrogen and oxygen atoms in total. The lowest BCUT2D eigenvalue weighted by atomic mass is 10.0. The van der Waals surface area contributed by atoms with E-state index in [1.165, 1.54) is 0 Å². The van der Waals surface area contributed by atoms with E-state index in [0.29, 0.717) is 17.1 Å². The first kappa shape index (κ1) is 19.8. The van der Waals surface area contributed by atoms with Crippen molar-refractivity contribution in [2.24, 2.45) is 0 Å². The highest BCUT2D eigenvalue weighted by molar-refractivity contribution is 6.12. The molecule has 2 heterocycles. The summed E-state index contributed by atoms with van der Waals surface area (Å²) in [6.45, 7) is 5.25. The van der Waals surface area contributed by atoms with Gasteiger partial charge in [0.15, 0.2) is 12.4 Å². The maximum absolute atomic E-state index is 12.7. The fraction of sp³-hybridized carbons (Fsp3) is 0.250. The van der Waals surface area contributed by atoms with Crippen molar-refractivity contribution in [1.29, 1.82) is 0 Å². The summed E-state index contributed by atoms with van der Waals surface area (Å²) in [5, 5.41) is 0. The Bertz CT molecular complexity index is 1060. The molecule has 4 rings (SSSR count). The van der Waals surface area contributed by atoms with E-state index in [1.807, 2.05) is 37.3 Å². The number of Topliss-reactive ketones (excluding diaryl/α,β-unsaturated/α-hetero) is 1. The topological polar surface area (TPSA) is 71.1 Å². The van der Waals surface area contributed by atoms with E-state index in [9.17, 15) is 9.59 Å². The van der Waals surface area contributed by atoms with Crippen molar-refractivity contribution in [3.8, 4) is 17.2 Å². The number of carbonyl (C=O) groups excluding carboxylic acids is 2. The van der Waals surface area contributed by atoms with Crippen LogP contribution in [0.15, 0.2) is 59.9 Å². The van der Waals surface area contributed by atoms with Crippen LogP contribution in [0.4, 0.5) is 0 Å². The minimum atomic E-state index is -0.457. The Morgan fingerprint density at radius 2 is 1.97 bits per heavy atom. The number of para-hydroxylation sites is 1. The average Bonchev–Trinajstić information content (AvgIpc) is 3.01. The third-order valence-corrected chi connectivity index (χ3v) is 4.68. The van der Waals surface area contributed by atoms with Gasteiger partial charge >= 0.3 is 5.97 Å². The van der Waals surface area contributed by atoms with Crippen molar-refractivity contribution in [1.82, 2.24) is 0 Å². The normalized spacial score (nSPS) is 18.3. The Kier molecular flexibility index (Phi) is 5.31. The van der Waals surface area contributed by atoms with E-state index in [2.05, 4.69) is 0 Å². The minimum Gasteiger partial charge on any atom is -0.485 e. The van der Waals surface area contributed by atoms with E-state index in [0.717, 1.165) is 16.9 Å². The molecule has 1 unspecified atom stereocenters. The molecule has 0 aromatic heterocycles. The van der Waals surface area contributed by atoms with Gasteiger partial charge in [-0.05, 0) is 56.7 Å². The molecule has 0 saturated carbocycles. The molecule has 0 N–H and O–H groups in total. The lowest BCUT2D eigenvalue weighted by Crippen LogP contribution is -2.18. The Morgan fingerprint density at radius 3 is 2.77 bits per heavy atom. The molecule has 0 spiro atoms. The van der Waals surface area contributed by atoms with Crippen molar-refractivity contribution in [2.45, 2.75) is 33.0 Å². The molecule has 2 aliphatic heterocycles. The second-order valence-corrected chi connectivity index (χ2v) is 7.37. The second-order valence-electron chi connectivity index (χ2n) is 7.37. The van der Waals surface area contributed by atoms with Gasteiger partial charge in [0.25, 0.3) is 0 Å². The van der Waals surface area contributed by atoms with Crippen molar-refractivity contribution in [3.63, 3.8) is 0 Å². The summed E-state index contributed by atoms with van der Waals surface area (Å²) < 4.78 is 22.2. The number of rotatable bonds is 5. The van der Waals surface area contributed by atoms with E-state index in [4.69, 9.17) is 18.9 Å². The first-order valence-corrected chi connectivity index (χ1v) is 9.78. The molecular formula is C24H22O6. The monoisotopic (exact) mass is 406 g/mol. The number of ether oxygens (including phenoxy) is 4. The number of fused-ring (bicyclic) bond motifs is 2. The molecule has 0 aliphatic carbocycles. The zero-order valence-electron chi connectivity index (χ0n) is 17.0. The molecule has 0 saturated heterocycles. The number of hydrogen-bond acceptors (Lipinski definition) is 6. The van der Waals surface area contributed by atoms with Crippen LogP contribution in [0.5, 0.6) is 17.2 Å². The summed E-state index contributed by atoms with van der Waals surface area (Å²) >= 11 is 0. The zero-order chi connectivity index (χ0) is 21.3. The Morgan fingerprint density at radius 1 is 1.17 bits per heavy atom. The first-order chi connectivity index (χ1) is 14.4. The highest BCUT2D eigenvalue weighted by atomic mass is 16.6. The van der Waals surface area contributed by atoms with E-state index in [1.54, 1.807) is 38.1 Å². The zero-order valence-corrected chi connectivity index (χ0v) is 17.0. The van der Waals surface area contributed by atoms with Crippen LogP contribution in [0, 0.1) is 0 Å². The standard InChI is InChI=1S/C24H22O6/c1-14(2)28-23(25)13-27-18-8-9-19-21(12-18)30-22(24(19)26)11-17-10-16-6-4-5-7-20(16)29-15(17)3/h4-12,14-15H,13H2,1-3H3. The van der Waals surface area contributed by atoms with Gasteiger partial charge in [0.2, 0.25) is 5.78 Å². The van der Waals surface area contributed by atoms with Crippen LogP contribution in [0.3, 0.4) is 0 Å². The number of carbonyl (C=O) groups is 2. The fourth-order valence-electron chi connectivity index (χ4n) is 3.27. The minimum absolute atomic E-state index is 0.206. The molecule has 0 radical (unpaired) electrons. The fourth-order valence-corrected chi connectivity index (χ4v) is 3.27. The Hall–Kier alpha value is -3.54. The van der Waals surface area contributed by atoms with Gasteiger partial charge in [-0.3, -0.25) is 4.79 Å². The van der Waals surface area contributed by atoms with Gasteiger partial charge in [0.05, 0.1) is 11.7 Å². The molecule has 6 heteroatoms. The summed E-state index contributed by atoms with van der Waals surface area (Å²) in [7, 11) is 0. The number of benzene rings is 2. The summed E-state index contributed by atoms with van der Waals surface area (Å²) in [4.78, 5) is 24.4. The molecule has 30 heavy (non-hydrogen) atoms. The summed E-state index contributed by atoms with van der Waals surface area (Å²) in [6.07, 6.45) is 3.29. The van der Waals surface area contributed by atoms with Gasteiger partial charge in [-0.2, -0.15) is 0 Å². The third-order valence-electron chi connectivity index (χ3n) is 4.68. The van der Waals surface area contributed by atoms with Crippen molar-refractivity contribution < 1.29 is 28.5 Å². The van der Waals surface area contributed by atoms with Gasteiger partial charge in [0, 0.05) is 11.6 Å². The maximum atomic E-state index is 12.7. The van der Waals surface area contributed by atoms with Gasteiger partial charge in [-0.25, -0.2) is 4.79 Å². The number of ketones is 1. The Balaban J connectivity index is 1.51. The van der Waals surface area contributed by atoms with Gasteiger partial charge < -0.3 is 18.9 Å². The summed E-state index contributed by atoms with van der Waals surface area (Å²) in [5.41, 5.74) is 2.25. The molecule has 0 fully saturated rings. The number of esters is 1. The third kappa shape index (κ3) is 4.08. The van der Waals surface area contributed by atoms with E-state index < -0.39 is 5.97 Å². The van der Waals surface area contributed by atoms with Crippen LogP contribution in [-0.2, 0) is 9.53 Å². The summed E-state index contributed by atoms with van der Waals surface area (Å²) in [5.74, 6) is 1.19.